The van der Waals surface area contributed by atoms with Crippen LogP contribution < -0.4 is 5.32 Å². The third kappa shape index (κ3) is 6.39. The summed E-state index contributed by atoms with van der Waals surface area (Å²) in [5.74, 6) is 0.608. The van der Waals surface area contributed by atoms with Crippen molar-refractivity contribution in [3.05, 3.63) is 35.4 Å². The van der Waals surface area contributed by atoms with Crippen molar-refractivity contribution in [2.24, 2.45) is 5.92 Å². The minimum absolute atomic E-state index is 0.608. The van der Waals surface area contributed by atoms with Crippen LogP contribution in [0.25, 0.3) is 0 Å². The Hall–Kier alpha value is -1.37. The van der Waals surface area contributed by atoms with Crippen LogP contribution in [0.5, 0.6) is 0 Å². The molecule has 0 fully saturated rings. The normalized spacial score (nSPS) is 10.6. The maximum atomic E-state index is 8.68. The first-order valence-corrected chi connectivity index (χ1v) is 6.50. The van der Waals surface area contributed by atoms with E-state index in [2.05, 4.69) is 25.2 Å². The van der Waals surface area contributed by atoms with Crippen LogP contribution in [0.3, 0.4) is 0 Å². The molecule has 3 nitrogen and oxygen atoms in total. The van der Waals surface area contributed by atoms with Crippen LogP contribution in [0.15, 0.2) is 24.3 Å². The Morgan fingerprint density at radius 1 is 1.28 bits per heavy atom. The molecule has 0 atom stereocenters. The van der Waals surface area contributed by atoms with Gasteiger partial charge in [0.25, 0.3) is 0 Å². The molecule has 3 heteroatoms. The van der Waals surface area contributed by atoms with Crippen molar-refractivity contribution in [2.75, 3.05) is 19.8 Å². The molecule has 0 amide bonds. The van der Waals surface area contributed by atoms with Crippen LogP contribution >= 0.6 is 0 Å². The molecule has 98 valence electrons. The van der Waals surface area contributed by atoms with E-state index in [-0.39, 0.29) is 0 Å². The van der Waals surface area contributed by atoms with Gasteiger partial charge in [-0.15, -0.1) is 0 Å². The van der Waals surface area contributed by atoms with E-state index in [9.17, 15) is 0 Å². The molecule has 0 aliphatic carbocycles. The minimum Gasteiger partial charge on any atom is -0.381 e. The molecule has 18 heavy (non-hydrogen) atoms. The summed E-state index contributed by atoms with van der Waals surface area (Å²) in [6, 6.07) is 9.79. The van der Waals surface area contributed by atoms with E-state index in [0.717, 1.165) is 32.7 Å². The van der Waals surface area contributed by atoms with Gasteiger partial charge in [-0.3, -0.25) is 0 Å². The van der Waals surface area contributed by atoms with Gasteiger partial charge in [-0.05, 0) is 36.6 Å². The Morgan fingerprint density at radius 2 is 2.00 bits per heavy atom. The number of nitriles is 1. The van der Waals surface area contributed by atoms with Crippen molar-refractivity contribution < 1.29 is 4.74 Å². The smallest absolute Gasteiger partial charge is 0.0991 e. The number of rotatable bonds is 8. The first kappa shape index (κ1) is 14.7. The van der Waals surface area contributed by atoms with Crippen LogP contribution in [0.4, 0.5) is 0 Å². The molecule has 0 heterocycles. The second-order valence-corrected chi connectivity index (χ2v) is 4.81. The largest absolute Gasteiger partial charge is 0.381 e. The van der Waals surface area contributed by atoms with Crippen LogP contribution in [0.1, 0.15) is 31.4 Å². The molecule has 0 saturated heterocycles. The molecular weight excluding hydrogens is 224 g/mol. The zero-order chi connectivity index (χ0) is 13.2. The van der Waals surface area contributed by atoms with Crippen LogP contribution in [-0.4, -0.2) is 19.8 Å². The highest BCUT2D eigenvalue weighted by atomic mass is 16.5. The highest BCUT2D eigenvalue weighted by Gasteiger charge is 1.95. The van der Waals surface area contributed by atoms with Gasteiger partial charge in [0, 0.05) is 19.8 Å². The van der Waals surface area contributed by atoms with Gasteiger partial charge in [0.05, 0.1) is 11.6 Å². The second-order valence-electron chi connectivity index (χ2n) is 4.81. The van der Waals surface area contributed by atoms with Gasteiger partial charge < -0.3 is 10.1 Å². The average Bonchev–Trinajstić information content (AvgIpc) is 2.38. The molecular formula is C15H22N2O. The van der Waals surface area contributed by atoms with Gasteiger partial charge >= 0.3 is 0 Å². The van der Waals surface area contributed by atoms with Gasteiger partial charge in [-0.25, -0.2) is 0 Å². The van der Waals surface area contributed by atoms with Crippen molar-refractivity contribution in [3.63, 3.8) is 0 Å². The Kier molecular flexibility index (Phi) is 7.09. The lowest BCUT2D eigenvalue weighted by Crippen LogP contribution is -2.16. The summed E-state index contributed by atoms with van der Waals surface area (Å²) in [7, 11) is 0. The summed E-state index contributed by atoms with van der Waals surface area (Å²) >= 11 is 0. The zero-order valence-corrected chi connectivity index (χ0v) is 11.3. The van der Waals surface area contributed by atoms with Crippen molar-refractivity contribution in [1.82, 2.24) is 5.32 Å². The third-order valence-electron chi connectivity index (χ3n) is 2.51. The Morgan fingerprint density at radius 3 is 2.61 bits per heavy atom. The van der Waals surface area contributed by atoms with Gasteiger partial charge in [0.1, 0.15) is 0 Å². The molecule has 0 unspecified atom stereocenters. The van der Waals surface area contributed by atoms with E-state index < -0.39 is 0 Å². The lowest BCUT2D eigenvalue weighted by Gasteiger charge is -2.07. The van der Waals surface area contributed by atoms with E-state index in [0.29, 0.717) is 11.5 Å². The SMILES string of the molecule is CC(C)COCCCNCc1ccc(C#N)cc1. The van der Waals surface area contributed by atoms with Gasteiger partial charge in [-0.2, -0.15) is 5.26 Å². The van der Waals surface area contributed by atoms with Gasteiger partial charge in [0.2, 0.25) is 0 Å². The molecule has 0 spiro atoms. The summed E-state index contributed by atoms with van der Waals surface area (Å²) in [5.41, 5.74) is 1.91. The maximum Gasteiger partial charge on any atom is 0.0991 e. The Bertz CT molecular complexity index is 365. The number of nitrogens with one attached hydrogen (secondary N) is 1. The highest BCUT2D eigenvalue weighted by Crippen LogP contribution is 2.02. The highest BCUT2D eigenvalue weighted by molar-refractivity contribution is 5.31. The fraction of sp³-hybridized carbons (Fsp3) is 0.533. The number of benzene rings is 1. The van der Waals surface area contributed by atoms with Crippen molar-refractivity contribution >= 4 is 0 Å². The summed E-state index contributed by atoms with van der Waals surface area (Å²) in [6.07, 6.45) is 1.03. The minimum atomic E-state index is 0.608. The number of hydrogen-bond acceptors (Lipinski definition) is 3. The molecule has 1 N–H and O–H groups in total. The molecule has 0 bridgehead atoms. The van der Waals surface area contributed by atoms with E-state index >= 15 is 0 Å². The Balaban J connectivity index is 2.05. The summed E-state index contributed by atoms with van der Waals surface area (Å²) in [5, 5.41) is 12.0. The predicted octanol–water partition coefficient (Wildman–Crippen LogP) is 2.71. The molecule has 0 saturated carbocycles. The number of hydrogen-bond donors (Lipinski definition) is 1. The quantitative estimate of drug-likeness (QED) is 0.717. The monoisotopic (exact) mass is 246 g/mol. The molecule has 1 aromatic carbocycles. The number of ether oxygens (including phenoxy) is 1. The van der Waals surface area contributed by atoms with E-state index in [1.165, 1.54) is 5.56 Å². The average molecular weight is 246 g/mol. The first-order valence-electron chi connectivity index (χ1n) is 6.50. The second kappa shape index (κ2) is 8.68. The zero-order valence-electron chi connectivity index (χ0n) is 11.3. The standard InChI is InChI=1S/C15H22N2O/c1-13(2)12-18-9-3-8-17-11-15-6-4-14(10-16)5-7-15/h4-7,13,17H,3,8-9,11-12H2,1-2H3. The van der Waals surface area contributed by atoms with Crippen LogP contribution in [-0.2, 0) is 11.3 Å². The fourth-order valence-corrected chi connectivity index (χ4v) is 1.55. The summed E-state index contributed by atoms with van der Waals surface area (Å²) in [6.45, 7) is 7.77. The molecule has 0 aliphatic heterocycles. The lowest BCUT2D eigenvalue weighted by molar-refractivity contribution is 0.108. The maximum absolute atomic E-state index is 8.68. The van der Waals surface area contributed by atoms with E-state index in [1.54, 1.807) is 0 Å². The first-order chi connectivity index (χ1) is 8.72. The molecule has 1 aromatic rings. The van der Waals surface area contributed by atoms with E-state index in [4.69, 9.17) is 10.00 Å². The fourth-order valence-electron chi connectivity index (χ4n) is 1.55. The van der Waals surface area contributed by atoms with Gasteiger partial charge in [-0.1, -0.05) is 26.0 Å². The molecule has 1 rings (SSSR count). The van der Waals surface area contributed by atoms with Gasteiger partial charge in [0.15, 0.2) is 0 Å². The van der Waals surface area contributed by atoms with Crippen molar-refractivity contribution in [1.29, 1.82) is 5.26 Å². The van der Waals surface area contributed by atoms with Crippen molar-refractivity contribution in [2.45, 2.75) is 26.8 Å². The number of nitrogens with zero attached hydrogens (tertiary/aromatic N) is 1. The lowest BCUT2D eigenvalue weighted by atomic mass is 10.1. The Labute approximate surface area is 110 Å². The van der Waals surface area contributed by atoms with E-state index in [1.807, 2.05) is 24.3 Å². The topological polar surface area (TPSA) is 45.0 Å². The molecule has 0 aliphatic rings. The molecule has 0 radical (unpaired) electrons. The van der Waals surface area contributed by atoms with Crippen molar-refractivity contribution in [3.8, 4) is 6.07 Å². The van der Waals surface area contributed by atoms with Crippen LogP contribution in [0.2, 0.25) is 0 Å². The molecule has 0 aromatic heterocycles. The summed E-state index contributed by atoms with van der Waals surface area (Å²) in [4.78, 5) is 0. The summed E-state index contributed by atoms with van der Waals surface area (Å²) < 4.78 is 5.50. The predicted molar refractivity (Wildman–Crippen MR) is 73.1 cm³/mol. The third-order valence-corrected chi connectivity index (χ3v) is 2.51. The van der Waals surface area contributed by atoms with Crippen LogP contribution in [0, 0.1) is 17.2 Å².